The Balaban J connectivity index is 1.50. The molecule has 0 radical (unpaired) electrons. The number of carbonyl (C=O) groups is 2. The van der Waals surface area contributed by atoms with Gasteiger partial charge in [-0.3, -0.25) is 9.59 Å². The van der Waals surface area contributed by atoms with Crippen molar-refractivity contribution < 1.29 is 14.3 Å². The highest BCUT2D eigenvalue weighted by atomic mass is 32.2. The van der Waals surface area contributed by atoms with E-state index in [1.807, 2.05) is 54.6 Å². The summed E-state index contributed by atoms with van der Waals surface area (Å²) in [7, 11) is 1.70. The zero-order valence-corrected chi connectivity index (χ0v) is 17.5. The number of ether oxygens (including phenoxy) is 1. The number of imidazole rings is 1. The van der Waals surface area contributed by atoms with Gasteiger partial charge in [-0.2, -0.15) is 0 Å². The van der Waals surface area contributed by atoms with Crippen LogP contribution in [0.3, 0.4) is 0 Å². The number of aromatic nitrogens is 2. The monoisotopic (exact) mass is 411 g/mol. The molecule has 6 nitrogen and oxygen atoms in total. The zero-order chi connectivity index (χ0) is 20.6. The van der Waals surface area contributed by atoms with Crippen LogP contribution in [0.5, 0.6) is 0 Å². The number of fused-ring (bicyclic) bond motifs is 1. The smallest absolute Gasteiger partial charge is 0.316 e. The number of amides is 1. The second kappa shape index (κ2) is 10.1. The van der Waals surface area contributed by atoms with Crippen LogP contribution in [0.1, 0.15) is 18.9 Å². The number of hydrogen-bond acceptors (Lipinski definition) is 5. The van der Waals surface area contributed by atoms with Gasteiger partial charge < -0.3 is 14.2 Å². The van der Waals surface area contributed by atoms with Crippen LogP contribution in [-0.2, 0) is 27.4 Å². The maximum atomic E-state index is 12.2. The van der Waals surface area contributed by atoms with Crippen molar-refractivity contribution in [3.8, 4) is 0 Å². The molecule has 29 heavy (non-hydrogen) atoms. The lowest BCUT2D eigenvalue weighted by atomic mass is 10.2. The van der Waals surface area contributed by atoms with Gasteiger partial charge in [0.25, 0.3) is 5.91 Å². The van der Waals surface area contributed by atoms with Gasteiger partial charge in [0, 0.05) is 20.1 Å². The summed E-state index contributed by atoms with van der Waals surface area (Å²) in [5.74, 6) is -0.542. The molecule has 1 heterocycles. The predicted molar refractivity (Wildman–Crippen MR) is 115 cm³/mol. The van der Waals surface area contributed by atoms with E-state index < -0.39 is 5.97 Å². The van der Waals surface area contributed by atoms with E-state index in [1.165, 1.54) is 11.8 Å². The van der Waals surface area contributed by atoms with Crippen molar-refractivity contribution in [2.45, 2.75) is 31.6 Å². The Morgan fingerprint density at radius 1 is 1.10 bits per heavy atom. The van der Waals surface area contributed by atoms with Crippen LogP contribution in [0.2, 0.25) is 0 Å². The van der Waals surface area contributed by atoms with E-state index in [-0.39, 0.29) is 18.3 Å². The minimum absolute atomic E-state index is 0.114. The van der Waals surface area contributed by atoms with Crippen molar-refractivity contribution in [3.63, 3.8) is 0 Å². The first kappa shape index (κ1) is 20.9. The number of rotatable bonds is 9. The molecule has 1 amide bonds. The number of benzene rings is 2. The van der Waals surface area contributed by atoms with Crippen LogP contribution in [0.15, 0.2) is 59.8 Å². The number of esters is 1. The normalized spacial score (nSPS) is 10.8. The summed E-state index contributed by atoms with van der Waals surface area (Å²) in [5, 5.41) is 0.789. The highest BCUT2D eigenvalue weighted by Crippen LogP contribution is 2.24. The lowest BCUT2D eigenvalue weighted by Gasteiger charge is -2.17. The number of aryl methyl sites for hydroxylation is 1. The van der Waals surface area contributed by atoms with Crippen LogP contribution in [-0.4, -0.2) is 45.7 Å². The molecule has 0 saturated heterocycles. The fourth-order valence-electron chi connectivity index (χ4n) is 2.97. The molecule has 3 aromatic rings. The fraction of sp³-hybridized carbons (Fsp3) is 0.318. The van der Waals surface area contributed by atoms with Gasteiger partial charge in [0.15, 0.2) is 11.8 Å². The Morgan fingerprint density at radius 3 is 2.59 bits per heavy atom. The molecule has 3 rings (SSSR count). The van der Waals surface area contributed by atoms with Crippen LogP contribution < -0.4 is 0 Å². The predicted octanol–water partition coefficient (Wildman–Crippen LogP) is 3.74. The van der Waals surface area contributed by atoms with E-state index in [0.29, 0.717) is 6.54 Å². The fourth-order valence-corrected chi connectivity index (χ4v) is 3.80. The molecule has 1 aromatic heterocycles. The van der Waals surface area contributed by atoms with Crippen molar-refractivity contribution >= 4 is 34.7 Å². The molecule has 152 valence electrons. The van der Waals surface area contributed by atoms with Crippen molar-refractivity contribution in [3.05, 3.63) is 60.2 Å². The van der Waals surface area contributed by atoms with Gasteiger partial charge in [0.1, 0.15) is 0 Å². The van der Waals surface area contributed by atoms with E-state index in [0.717, 1.165) is 34.7 Å². The van der Waals surface area contributed by atoms with Crippen LogP contribution in [0, 0.1) is 0 Å². The molecule has 0 aliphatic heterocycles. The van der Waals surface area contributed by atoms with Crippen molar-refractivity contribution in [2.75, 3.05) is 19.4 Å². The molecule has 0 saturated carbocycles. The van der Waals surface area contributed by atoms with E-state index in [4.69, 9.17) is 4.74 Å². The van der Waals surface area contributed by atoms with E-state index in [9.17, 15) is 9.59 Å². The van der Waals surface area contributed by atoms with Gasteiger partial charge in [-0.1, -0.05) is 61.2 Å². The van der Waals surface area contributed by atoms with E-state index in [1.54, 1.807) is 11.9 Å². The van der Waals surface area contributed by atoms with Crippen molar-refractivity contribution in [2.24, 2.45) is 0 Å². The Labute approximate surface area is 174 Å². The highest BCUT2D eigenvalue weighted by molar-refractivity contribution is 7.99. The highest BCUT2D eigenvalue weighted by Gasteiger charge is 2.15. The summed E-state index contributed by atoms with van der Waals surface area (Å²) in [5.41, 5.74) is 3.00. The maximum absolute atomic E-state index is 12.2. The third kappa shape index (κ3) is 5.60. The first-order valence-corrected chi connectivity index (χ1v) is 10.6. The molecular formula is C22H25N3O3S. The summed E-state index contributed by atoms with van der Waals surface area (Å²) >= 11 is 1.34. The van der Waals surface area contributed by atoms with Gasteiger partial charge in [0.2, 0.25) is 0 Å². The Bertz CT molecular complexity index is 972. The third-order valence-electron chi connectivity index (χ3n) is 4.43. The molecule has 0 aliphatic carbocycles. The summed E-state index contributed by atoms with van der Waals surface area (Å²) in [4.78, 5) is 30.5. The molecule has 0 fully saturated rings. The van der Waals surface area contributed by atoms with Gasteiger partial charge in [-0.25, -0.2) is 4.98 Å². The largest absolute Gasteiger partial charge is 0.455 e. The summed E-state index contributed by atoms with van der Waals surface area (Å²) in [6, 6.07) is 17.6. The average Bonchev–Trinajstić information content (AvgIpc) is 3.09. The number of nitrogens with zero attached hydrogens (tertiary/aromatic N) is 3. The second-order valence-electron chi connectivity index (χ2n) is 6.72. The average molecular weight is 412 g/mol. The molecule has 0 N–H and O–H groups in total. The van der Waals surface area contributed by atoms with E-state index in [2.05, 4.69) is 16.5 Å². The quantitative estimate of drug-likeness (QED) is 0.396. The van der Waals surface area contributed by atoms with Gasteiger partial charge >= 0.3 is 5.97 Å². The molecule has 0 atom stereocenters. The Hall–Kier alpha value is -2.80. The third-order valence-corrected chi connectivity index (χ3v) is 5.38. The van der Waals surface area contributed by atoms with Crippen molar-refractivity contribution in [1.29, 1.82) is 0 Å². The second-order valence-corrected chi connectivity index (χ2v) is 7.66. The Kier molecular flexibility index (Phi) is 7.30. The summed E-state index contributed by atoms with van der Waals surface area (Å²) in [6.07, 6.45) is 0.973. The van der Waals surface area contributed by atoms with Gasteiger partial charge in [0.05, 0.1) is 16.8 Å². The minimum atomic E-state index is -0.424. The lowest BCUT2D eigenvalue weighted by molar-refractivity contribution is -0.149. The maximum Gasteiger partial charge on any atom is 0.316 e. The first-order valence-electron chi connectivity index (χ1n) is 9.60. The first-order chi connectivity index (χ1) is 14.1. The van der Waals surface area contributed by atoms with Crippen LogP contribution in [0.4, 0.5) is 0 Å². The molecule has 0 unspecified atom stereocenters. The molecule has 7 heteroatoms. The molecular weight excluding hydrogens is 386 g/mol. The molecule has 0 bridgehead atoms. The van der Waals surface area contributed by atoms with Crippen LogP contribution >= 0.6 is 11.8 Å². The topological polar surface area (TPSA) is 64.4 Å². The standard InChI is InChI=1S/C22H25N3O3S/c1-3-13-25-19-12-8-7-11-18(19)23-22(25)29-16-21(27)28-15-20(26)24(2)14-17-9-5-4-6-10-17/h4-12H,3,13-16H2,1-2H3. The molecule has 0 spiro atoms. The SMILES string of the molecule is CCCn1c(SCC(=O)OCC(=O)N(C)Cc2ccccc2)nc2ccccc21. The zero-order valence-electron chi connectivity index (χ0n) is 16.7. The van der Waals surface area contributed by atoms with Gasteiger partial charge in [-0.05, 0) is 24.1 Å². The van der Waals surface area contributed by atoms with Crippen LogP contribution in [0.25, 0.3) is 11.0 Å². The summed E-state index contributed by atoms with van der Waals surface area (Å²) < 4.78 is 7.29. The number of para-hydroxylation sites is 2. The van der Waals surface area contributed by atoms with Crippen molar-refractivity contribution in [1.82, 2.24) is 14.5 Å². The Morgan fingerprint density at radius 2 is 1.83 bits per heavy atom. The number of hydrogen-bond donors (Lipinski definition) is 0. The number of likely N-dealkylation sites (N-methyl/N-ethyl adjacent to an activating group) is 1. The minimum Gasteiger partial charge on any atom is -0.455 e. The number of thioether (sulfide) groups is 1. The molecule has 0 aliphatic rings. The number of carbonyl (C=O) groups excluding carboxylic acids is 2. The van der Waals surface area contributed by atoms with Gasteiger partial charge in [-0.15, -0.1) is 0 Å². The van der Waals surface area contributed by atoms with E-state index >= 15 is 0 Å². The lowest BCUT2D eigenvalue weighted by Crippen LogP contribution is -2.31. The summed E-state index contributed by atoms with van der Waals surface area (Å²) in [6.45, 7) is 3.16. The molecule has 2 aromatic carbocycles.